The summed E-state index contributed by atoms with van der Waals surface area (Å²) in [6, 6.07) is 18.2. The molecule has 0 amide bonds. The van der Waals surface area contributed by atoms with Crippen LogP contribution in [0.3, 0.4) is 0 Å². The minimum absolute atomic E-state index is 0.0696. The van der Waals surface area contributed by atoms with Crippen molar-refractivity contribution in [2.45, 2.75) is 50.3 Å². The van der Waals surface area contributed by atoms with Gasteiger partial charge in [-0.1, -0.05) is 38.1 Å². The number of anilines is 1. The number of Topliss-reactive ketones (excluding diaryl/α,β-unsaturated/α-hetero) is 1. The summed E-state index contributed by atoms with van der Waals surface area (Å²) in [5, 5.41) is 23.0. The van der Waals surface area contributed by atoms with Gasteiger partial charge < -0.3 is 10.5 Å². The lowest BCUT2D eigenvalue weighted by Crippen LogP contribution is -2.42. The molecule has 9 nitrogen and oxygen atoms in total. The summed E-state index contributed by atoms with van der Waals surface area (Å²) in [5.74, 6) is 0.657. The normalized spacial score (nSPS) is 18.0. The van der Waals surface area contributed by atoms with Gasteiger partial charge in [0.05, 0.1) is 40.3 Å². The number of nitro benzene ring substituents is 1. The smallest absolute Gasteiger partial charge is 0.271 e. The van der Waals surface area contributed by atoms with Gasteiger partial charge in [0.2, 0.25) is 0 Å². The zero-order valence-electron chi connectivity index (χ0n) is 23.9. The minimum atomic E-state index is -0.687. The first-order chi connectivity index (χ1) is 20.0. The Balaban J connectivity index is 1.68. The molecule has 1 atom stereocenters. The fourth-order valence-electron chi connectivity index (χ4n) is 5.74. The first kappa shape index (κ1) is 28.9. The van der Waals surface area contributed by atoms with Gasteiger partial charge in [0.25, 0.3) is 5.69 Å². The molecule has 0 saturated heterocycles. The molecule has 3 aromatic rings. The summed E-state index contributed by atoms with van der Waals surface area (Å²) in [7, 11) is 1.61. The molecular weight excluding hydrogens is 550 g/mol. The molecule has 1 aliphatic carbocycles. The van der Waals surface area contributed by atoms with Crippen molar-refractivity contribution in [1.29, 1.82) is 5.26 Å². The van der Waals surface area contributed by atoms with Crippen molar-refractivity contribution in [3.05, 3.63) is 110 Å². The molecule has 0 bridgehead atoms. The number of ketones is 1. The standard InChI is InChI=1S/C32H31N5O4S/c1-19-8-10-22(37(39)40)14-24(19)36-25-15-32(2,3)16-26(38)30(25)29(23(17-33)31(36)34)20-9-11-27(41-4)21(13-20)18-42-28-7-5-6-12-35-28/h5-14,29H,15-16,18,34H2,1-4H3/t29-/m1/s1. The number of nitriles is 1. The van der Waals surface area contributed by atoms with Crippen molar-refractivity contribution in [1.82, 2.24) is 4.98 Å². The van der Waals surface area contributed by atoms with Crippen LogP contribution in [-0.4, -0.2) is 22.8 Å². The lowest BCUT2D eigenvalue weighted by atomic mass is 9.68. The third kappa shape index (κ3) is 5.35. The van der Waals surface area contributed by atoms with Crippen LogP contribution >= 0.6 is 11.8 Å². The second kappa shape index (κ2) is 11.3. The Morgan fingerprint density at radius 1 is 1.21 bits per heavy atom. The van der Waals surface area contributed by atoms with Gasteiger partial charge >= 0.3 is 0 Å². The van der Waals surface area contributed by atoms with E-state index in [-0.39, 0.29) is 28.3 Å². The molecule has 5 rings (SSSR count). The van der Waals surface area contributed by atoms with Gasteiger partial charge in [-0.3, -0.25) is 19.8 Å². The zero-order chi connectivity index (χ0) is 30.2. The van der Waals surface area contributed by atoms with E-state index < -0.39 is 10.8 Å². The second-order valence-electron chi connectivity index (χ2n) is 11.2. The first-order valence-electron chi connectivity index (χ1n) is 13.5. The Bertz CT molecular complexity index is 1690. The summed E-state index contributed by atoms with van der Waals surface area (Å²) in [5.41, 5.74) is 10.6. The SMILES string of the molecule is COc1ccc([C@@H]2C(C#N)=C(N)N(c3cc([N+](=O)[O-])ccc3C)C3=C2C(=O)CC(C)(C)C3)cc1CSc1ccccn1. The average Bonchev–Trinajstić information content (AvgIpc) is 2.96. The number of carbonyl (C=O) groups excluding carboxylic acids is 1. The van der Waals surface area contributed by atoms with Crippen molar-refractivity contribution in [2.24, 2.45) is 11.1 Å². The summed E-state index contributed by atoms with van der Waals surface area (Å²) < 4.78 is 5.65. The Labute approximate surface area is 248 Å². The lowest BCUT2D eigenvalue weighted by Gasteiger charge is -2.44. The predicted molar refractivity (Wildman–Crippen MR) is 162 cm³/mol. The summed E-state index contributed by atoms with van der Waals surface area (Å²) in [6.45, 7) is 5.86. The maximum Gasteiger partial charge on any atom is 0.271 e. The van der Waals surface area contributed by atoms with Gasteiger partial charge in [0.15, 0.2) is 5.78 Å². The Hall–Kier alpha value is -4.62. The quantitative estimate of drug-likeness (QED) is 0.187. The Morgan fingerprint density at radius 2 is 2.00 bits per heavy atom. The molecule has 1 aliphatic heterocycles. The maximum atomic E-state index is 13.9. The number of rotatable bonds is 7. The van der Waals surface area contributed by atoms with E-state index >= 15 is 0 Å². The first-order valence-corrected chi connectivity index (χ1v) is 14.4. The van der Waals surface area contributed by atoms with E-state index in [2.05, 4.69) is 11.1 Å². The predicted octanol–water partition coefficient (Wildman–Crippen LogP) is 6.54. The average molecular weight is 582 g/mol. The van der Waals surface area contributed by atoms with Crippen LogP contribution in [0.2, 0.25) is 0 Å². The van der Waals surface area contributed by atoms with Crippen molar-refractivity contribution in [3.8, 4) is 11.8 Å². The van der Waals surface area contributed by atoms with Gasteiger partial charge in [0.1, 0.15) is 11.6 Å². The highest BCUT2D eigenvalue weighted by Gasteiger charge is 2.45. The molecule has 0 radical (unpaired) electrons. The van der Waals surface area contributed by atoms with Crippen LogP contribution in [0.1, 0.15) is 49.3 Å². The highest BCUT2D eigenvalue weighted by Crippen LogP contribution is 2.51. The van der Waals surface area contributed by atoms with E-state index in [1.807, 2.05) is 57.2 Å². The van der Waals surface area contributed by atoms with Gasteiger partial charge in [0, 0.05) is 47.3 Å². The van der Waals surface area contributed by atoms with Crippen LogP contribution in [-0.2, 0) is 10.5 Å². The highest BCUT2D eigenvalue weighted by atomic mass is 32.2. The van der Waals surface area contributed by atoms with E-state index in [1.165, 1.54) is 12.1 Å². The summed E-state index contributed by atoms with van der Waals surface area (Å²) in [4.78, 5) is 31.2. The van der Waals surface area contributed by atoms with E-state index in [9.17, 15) is 20.2 Å². The van der Waals surface area contributed by atoms with Crippen LogP contribution in [0.25, 0.3) is 0 Å². The third-order valence-electron chi connectivity index (χ3n) is 7.68. The topological polar surface area (TPSA) is 135 Å². The summed E-state index contributed by atoms with van der Waals surface area (Å²) in [6.07, 6.45) is 2.55. The number of carbonyl (C=O) groups is 1. The number of benzene rings is 2. The lowest BCUT2D eigenvalue weighted by molar-refractivity contribution is -0.384. The number of pyridine rings is 1. The number of hydrogen-bond donors (Lipinski definition) is 1. The molecule has 0 fully saturated rings. The van der Waals surface area contributed by atoms with Crippen LogP contribution in [0.15, 0.2) is 88.5 Å². The van der Waals surface area contributed by atoms with Crippen molar-refractivity contribution in [3.63, 3.8) is 0 Å². The number of nitrogens with zero attached hydrogens (tertiary/aromatic N) is 4. The fourth-order valence-corrected chi connectivity index (χ4v) is 6.58. The van der Waals surface area contributed by atoms with Gasteiger partial charge in [-0.25, -0.2) is 4.98 Å². The van der Waals surface area contributed by atoms with Gasteiger partial charge in [-0.05, 0) is 48.1 Å². The van der Waals surface area contributed by atoms with Crippen molar-refractivity contribution >= 4 is 28.9 Å². The molecule has 214 valence electrons. The van der Waals surface area contributed by atoms with E-state index in [1.54, 1.807) is 36.0 Å². The monoisotopic (exact) mass is 581 g/mol. The number of aryl methyl sites for hydroxylation is 1. The van der Waals surface area contributed by atoms with Gasteiger partial charge in [-0.15, -0.1) is 11.8 Å². The largest absolute Gasteiger partial charge is 0.496 e. The molecule has 0 saturated carbocycles. The Morgan fingerprint density at radius 3 is 2.67 bits per heavy atom. The molecule has 2 aliphatic rings. The molecule has 2 heterocycles. The number of nitrogens with two attached hydrogens (primary N) is 1. The minimum Gasteiger partial charge on any atom is -0.496 e. The Kier molecular flexibility index (Phi) is 7.80. The van der Waals surface area contributed by atoms with E-state index in [0.29, 0.717) is 41.3 Å². The second-order valence-corrected chi connectivity index (χ2v) is 12.2. The molecule has 2 aromatic carbocycles. The van der Waals surface area contributed by atoms with Crippen LogP contribution in [0.4, 0.5) is 11.4 Å². The number of ether oxygens (including phenoxy) is 1. The van der Waals surface area contributed by atoms with Crippen LogP contribution in [0, 0.1) is 33.8 Å². The maximum absolute atomic E-state index is 13.9. The number of thioether (sulfide) groups is 1. The molecule has 0 unspecified atom stereocenters. The molecule has 0 spiro atoms. The number of non-ortho nitro benzene ring substituents is 1. The van der Waals surface area contributed by atoms with Crippen LogP contribution in [0.5, 0.6) is 5.75 Å². The molecule has 42 heavy (non-hydrogen) atoms. The number of allylic oxidation sites excluding steroid dienone is 3. The highest BCUT2D eigenvalue weighted by molar-refractivity contribution is 7.98. The number of hydrogen-bond acceptors (Lipinski definition) is 9. The van der Waals surface area contributed by atoms with Crippen molar-refractivity contribution < 1.29 is 14.5 Å². The summed E-state index contributed by atoms with van der Waals surface area (Å²) >= 11 is 1.56. The number of nitro groups is 1. The van der Waals surface area contributed by atoms with E-state index in [4.69, 9.17) is 10.5 Å². The number of aromatic nitrogens is 1. The molecular formula is C32H31N5O4S. The van der Waals surface area contributed by atoms with Gasteiger partial charge in [-0.2, -0.15) is 5.26 Å². The number of methoxy groups -OCH3 is 1. The third-order valence-corrected chi connectivity index (χ3v) is 8.67. The van der Waals surface area contributed by atoms with E-state index in [0.717, 1.165) is 21.7 Å². The van der Waals surface area contributed by atoms with Crippen molar-refractivity contribution in [2.75, 3.05) is 12.0 Å². The molecule has 10 heteroatoms. The van der Waals surface area contributed by atoms with Crippen LogP contribution < -0.4 is 15.4 Å². The zero-order valence-corrected chi connectivity index (χ0v) is 24.7. The molecule has 1 aromatic heterocycles. The fraction of sp³-hybridized carbons (Fsp3) is 0.281. The molecule has 2 N–H and O–H groups in total.